The van der Waals surface area contributed by atoms with Gasteiger partial charge in [-0.05, 0) is 30.9 Å². The highest BCUT2D eigenvalue weighted by molar-refractivity contribution is 5.78. The summed E-state index contributed by atoms with van der Waals surface area (Å²) in [7, 11) is 0. The van der Waals surface area contributed by atoms with Crippen molar-refractivity contribution >= 4 is 11.8 Å². The fourth-order valence-electron chi connectivity index (χ4n) is 3.27. The van der Waals surface area contributed by atoms with Gasteiger partial charge in [0.2, 0.25) is 11.8 Å². The fraction of sp³-hybridized carbons (Fsp3) is 0.400. The summed E-state index contributed by atoms with van der Waals surface area (Å²) in [6.07, 6.45) is 2.08. The number of hydrogen-bond donors (Lipinski definition) is 1. The van der Waals surface area contributed by atoms with Gasteiger partial charge in [-0.1, -0.05) is 31.2 Å². The number of aromatic nitrogens is 2. The topological polar surface area (TPSA) is 98.3 Å². The lowest BCUT2D eigenvalue weighted by molar-refractivity contribution is -0.135. The van der Waals surface area contributed by atoms with Crippen molar-refractivity contribution in [1.29, 1.82) is 0 Å². The molecular weight excluding hydrogens is 344 g/mol. The van der Waals surface area contributed by atoms with E-state index in [1.54, 1.807) is 11.0 Å². The van der Waals surface area contributed by atoms with E-state index in [9.17, 15) is 14.4 Å². The Balaban J connectivity index is 1.72. The Kier molecular flexibility index (Phi) is 5.69. The Morgan fingerprint density at radius 2 is 1.78 bits per heavy atom. The molecule has 0 aliphatic carbocycles. The first kappa shape index (κ1) is 18.8. The third kappa shape index (κ3) is 4.42. The van der Waals surface area contributed by atoms with E-state index in [-0.39, 0.29) is 29.8 Å². The van der Waals surface area contributed by atoms with Gasteiger partial charge in [0.15, 0.2) is 0 Å². The molecule has 2 amide bonds. The summed E-state index contributed by atoms with van der Waals surface area (Å²) in [4.78, 5) is 37.6. The van der Waals surface area contributed by atoms with Gasteiger partial charge in [-0.2, -0.15) is 5.10 Å². The molecule has 7 nitrogen and oxygen atoms in total. The van der Waals surface area contributed by atoms with Crippen LogP contribution in [0.15, 0.2) is 41.2 Å². The van der Waals surface area contributed by atoms with Crippen LogP contribution in [0.2, 0.25) is 0 Å². The van der Waals surface area contributed by atoms with Crippen molar-refractivity contribution in [2.24, 2.45) is 11.7 Å². The summed E-state index contributed by atoms with van der Waals surface area (Å²) in [5, 5.41) is 4.36. The fourth-order valence-corrected chi connectivity index (χ4v) is 3.27. The molecule has 3 rings (SSSR count). The average molecular weight is 368 g/mol. The molecule has 0 spiro atoms. The van der Waals surface area contributed by atoms with E-state index >= 15 is 0 Å². The maximum absolute atomic E-state index is 12.5. The van der Waals surface area contributed by atoms with Crippen molar-refractivity contribution in [2.45, 2.75) is 32.7 Å². The van der Waals surface area contributed by atoms with Crippen molar-refractivity contribution in [3.8, 4) is 11.3 Å². The van der Waals surface area contributed by atoms with E-state index in [1.807, 2.05) is 24.3 Å². The standard InChI is InChI=1S/C20H24N4O3/c1-2-14-3-5-15(6-4-14)17-7-8-18(25)24(22-17)13-19(26)23-11-9-16(10-12-23)20(21)27/h3-8,16H,2,9-13H2,1H3,(H2,21,27). The van der Waals surface area contributed by atoms with Crippen molar-refractivity contribution in [1.82, 2.24) is 14.7 Å². The van der Waals surface area contributed by atoms with Crippen LogP contribution in [0.1, 0.15) is 25.3 Å². The quantitative estimate of drug-likeness (QED) is 0.857. The van der Waals surface area contributed by atoms with Crippen LogP contribution in [-0.2, 0) is 22.6 Å². The smallest absolute Gasteiger partial charge is 0.267 e. The second-order valence-electron chi connectivity index (χ2n) is 6.82. The Hall–Kier alpha value is -2.96. The molecule has 2 aromatic rings. The molecule has 0 unspecified atom stereocenters. The van der Waals surface area contributed by atoms with Gasteiger partial charge in [-0.15, -0.1) is 0 Å². The lowest BCUT2D eigenvalue weighted by Crippen LogP contribution is -2.44. The van der Waals surface area contributed by atoms with Crippen LogP contribution in [0, 0.1) is 5.92 Å². The number of carbonyl (C=O) groups excluding carboxylic acids is 2. The molecule has 1 aliphatic rings. The molecule has 0 radical (unpaired) electrons. The summed E-state index contributed by atoms with van der Waals surface area (Å²) in [5.41, 5.74) is 7.78. The minimum atomic E-state index is -0.318. The number of nitrogens with two attached hydrogens (primary N) is 1. The maximum Gasteiger partial charge on any atom is 0.267 e. The van der Waals surface area contributed by atoms with Crippen LogP contribution < -0.4 is 11.3 Å². The van der Waals surface area contributed by atoms with Crippen LogP contribution in [0.3, 0.4) is 0 Å². The van der Waals surface area contributed by atoms with E-state index in [4.69, 9.17) is 5.73 Å². The van der Waals surface area contributed by atoms with Crippen LogP contribution >= 0.6 is 0 Å². The van der Waals surface area contributed by atoms with Crippen molar-refractivity contribution in [3.63, 3.8) is 0 Å². The summed E-state index contributed by atoms with van der Waals surface area (Å²) in [6.45, 7) is 2.92. The van der Waals surface area contributed by atoms with Crippen LogP contribution in [0.25, 0.3) is 11.3 Å². The number of carbonyl (C=O) groups is 2. The molecule has 1 aromatic heterocycles. The molecule has 2 N–H and O–H groups in total. The van der Waals surface area contributed by atoms with Gasteiger partial charge in [0.25, 0.3) is 5.56 Å². The van der Waals surface area contributed by atoms with Gasteiger partial charge in [0.1, 0.15) is 6.54 Å². The largest absolute Gasteiger partial charge is 0.369 e. The predicted molar refractivity (Wildman–Crippen MR) is 102 cm³/mol. The number of benzene rings is 1. The molecule has 0 saturated carbocycles. The zero-order valence-electron chi connectivity index (χ0n) is 15.4. The Morgan fingerprint density at radius 1 is 1.11 bits per heavy atom. The second-order valence-corrected chi connectivity index (χ2v) is 6.82. The number of primary amides is 1. The average Bonchev–Trinajstić information content (AvgIpc) is 2.69. The Morgan fingerprint density at radius 3 is 2.37 bits per heavy atom. The van der Waals surface area contributed by atoms with Gasteiger partial charge < -0.3 is 10.6 Å². The number of likely N-dealkylation sites (tertiary alicyclic amines) is 1. The van der Waals surface area contributed by atoms with Gasteiger partial charge in [-0.3, -0.25) is 14.4 Å². The van der Waals surface area contributed by atoms with Crippen molar-refractivity contribution < 1.29 is 9.59 Å². The molecular formula is C20H24N4O3. The van der Waals surface area contributed by atoms with E-state index < -0.39 is 0 Å². The summed E-state index contributed by atoms with van der Waals surface area (Å²) in [6, 6.07) is 11.1. The molecule has 1 aromatic carbocycles. The first-order valence-electron chi connectivity index (χ1n) is 9.22. The Bertz CT molecular complexity index is 881. The summed E-state index contributed by atoms with van der Waals surface area (Å²) in [5.74, 6) is -0.669. The third-order valence-corrected chi connectivity index (χ3v) is 5.06. The minimum Gasteiger partial charge on any atom is -0.369 e. The molecule has 27 heavy (non-hydrogen) atoms. The molecule has 142 valence electrons. The predicted octanol–water partition coefficient (Wildman–Crippen LogP) is 1.20. The highest BCUT2D eigenvalue weighted by Gasteiger charge is 2.26. The zero-order valence-corrected chi connectivity index (χ0v) is 15.4. The molecule has 0 atom stereocenters. The van der Waals surface area contributed by atoms with Crippen LogP contribution in [0.5, 0.6) is 0 Å². The monoisotopic (exact) mass is 368 g/mol. The van der Waals surface area contributed by atoms with Crippen molar-refractivity contribution in [3.05, 3.63) is 52.3 Å². The lowest BCUT2D eigenvalue weighted by atomic mass is 9.96. The van der Waals surface area contributed by atoms with Crippen molar-refractivity contribution in [2.75, 3.05) is 13.1 Å². The van der Waals surface area contributed by atoms with Gasteiger partial charge >= 0.3 is 0 Å². The molecule has 1 fully saturated rings. The lowest BCUT2D eigenvalue weighted by Gasteiger charge is -2.30. The summed E-state index contributed by atoms with van der Waals surface area (Å²) >= 11 is 0. The maximum atomic E-state index is 12.5. The number of amides is 2. The minimum absolute atomic E-state index is 0.110. The summed E-state index contributed by atoms with van der Waals surface area (Å²) < 4.78 is 1.20. The molecule has 7 heteroatoms. The molecule has 2 heterocycles. The molecule has 0 bridgehead atoms. The molecule has 1 aliphatic heterocycles. The number of hydrogen-bond acceptors (Lipinski definition) is 4. The third-order valence-electron chi connectivity index (χ3n) is 5.06. The normalized spacial score (nSPS) is 14.9. The first-order valence-corrected chi connectivity index (χ1v) is 9.22. The number of rotatable bonds is 5. The van der Waals surface area contributed by atoms with E-state index in [0.29, 0.717) is 31.6 Å². The van der Waals surface area contributed by atoms with Gasteiger partial charge in [0.05, 0.1) is 5.69 Å². The Labute approximate surface area is 157 Å². The van der Waals surface area contributed by atoms with Gasteiger partial charge in [-0.25, -0.2) is 4.68 Å². The van der Waals surface area contributed by atoms with Crippen LogP contribution in [-0.4, -0.2) is 39.6 Å². The van der Waals surface area contributed by atoms with E-state index in [0.717, 1.165) is 12.0 Å². The van der Waals surface area contributed by atoms with E-state index in [2.05, 4.69) is 12.0 Å². The second kappa shape index (κ2) is 8.16. The van der Waals surface area contributed by atoms with E-state index in [1.165, 1.54) is 16.3 Å². The SMILES string of the molecule is CCc1ccc(-c2ccc(=O)n(CC(=O)N3CCC(C(N)=O)CC3)n2)cc1. The zero-order chi connectivity index (χ0) is 19.4. The molecule has 1 saturated heterocycles. The number of aryl methyl sites for hydroxylation is 1. The van der Waals surface area contributed by atoms with Gasteiger partial charge in [0, 0.05) is 30.6 Å². The highest BCUT2D eigenvalue weighted by atomic mass is 16.2. The number of nitrogens with zero attached hydrogens (tertiary/aromatic N) is 3. The first-order chi connectivity index (χ1) is 13.0. The van der Waals surface area contributed by atoms with Crippen LogP contribution in [0.4, 0.5) is 0 Å². The highest BCUT2D eigenvalue weighted by Crippen LogP contribution is 2.18. The number of piperidine rings is 1.